The van der Waals surface area contributed by atoms with Crippen molar-refractivity contribution in [2.75, 3.05) is 0 Å². The van der Waals surface area contributed by atoms with E-state index in [1.807, 2.05) is 0 Å². The number of rotatable bonds is 3. The zero-order valence-electron chi connectivity index (χ0n) is 13.6. The van der Waals surface area contributed by atoms with Gasteiger partial charge in [0.05, 0.1) is 5.69 Å². The number of allylic oxidation sites excluding steroid dienone is 1. The van der Waals surface area contributed by atoms with Crippen LogP contribution in [-0.4, -0.2) is 30.4 Å². The molecule has 0 aliphatic carbocycles. The molecule has 2 aromatic heterocycles. The van der Waals surface area contributed by atoms with E-state index < -0.39 is 23.9 Å². The Morgan fingerprint density at radius 2 is 1.96 bits per heavy atom. The molecule has 1 aliphatic heterocycles. The van der Waals surface area contributed by atoms with Crippen molar-refractivity contribution in [1.82, 2.24) is 24.7 Å². The minimum Gasteiger partial charge on any atom is -0.275 e. The van der Waals surface area contributed by atoms with E-state index >= 15 is 0 Å². The standard InChI is InChI=1S/C16H10F4N6S/c1-25-5-4-9(23-25)7-12-13(10-3-2-8(17)6-11(10)18)24-26-15(14(19)20)21-22-16(26)27-12/h2-7,14H,1H3. The Bertz CT molecular complexity index is 1080. The van der Waals surface area contributed by atoms with Gasteiger partial charge >= 0.3 is 0 Å². The first-order chi connectivity index (χ1) is 12.9. The molecule has 0 amide bonds. The van der Waals surface area contributed by atoms with Gasteiger partial charge in [-0.3, -0.25) is 4.68 Å². The number of benzene rings is 1. The molecule has 0 unspecified atom stereocenters. The van der Waals surface area contributed by atoms with Gasteiger partial charge in [-0.15, -0.1) is 10.2 Å². The van der Waals surface area contributed by atoms with Crippen molar-refractivity contribution in [2.24, 2.45) is 12.1 Å². The molecule has 3 aromatic rings. The van der Waals surface area contributed by atoms with Crippen LogP contribution >= 0.6 is 11.8 Å². The Morgan fingerprint density at radius 3 is 2.63 bits per heavy atom. The lowest BCUT2D eigenvalue weighted by molar-refractivity contribution is 0.135. The summed E-state index contributed by atoms with van der Waals surface area (Å²) in [5.74, 6) is -2.28. The van der Waals surface area contributed by atoms with Gasteiger partial charge in [-0.2, -0.15) is 14.9 Å². The summed E-state index contributed by atoms with van der Waals surface area (Å²) in [7, 11) is 1.73. The average molecular weight is 394 g/mol. The van der Waals surface area contributed by atoms with E-state index in [2.05, 4.69) is 20.4 Å². The molecule has 27 heavy (non-hydrogen) atoms. The van der Waals surface area contributed by atoms with Crippen LogP contribution in [0.25, 0.3) is 6.08 Å². The van der Waals surface area contributed by atoms with Crippen molar-refractivity contribution < 1.29 is 17.6 Å². The number of fused-ring (bicyclic) bond motifs is 1. The molecule has 0 saturated heterocycles. The van der Waals surface area contributed by atoms with E-state index in [0.717, 1.165) is 22.5 Å². The van der Waals surface area contributed by atoms with Crippen molar-refractivity contribution in [3.63, 3.8) is 0 Å². The molecular formula is C16H10F4N6S. The molecule has 6 nitrogen and oxygen atoms in total. The van der Waals surface area contributed by atoms with Gasteiger partial charge in [0.2, 0.25) is 11.0 Å². The van der Waals surface area contributed by atoms with Gasteiger partial charge in [0.25, 0.3) is 6.43 Å². The summed E-state index contributed by atoms with van der Waals surface area (Å²) in [4.78, 5) is 0.417. The molecule has 3 heterocycles. The Balaban J connectivity index is 1.90. The zero-order chi connectivity index (χ0) is 19.1. The monoisotopic (exact) mass is 394 g/mol. The summed E-state index contributed by atoms with van der Waals surface area (Å²) in [6.45, 7) is 0. The number of aryl methyl sites for hydroxylation is 1. The molecule has 0 bridgehead atoms. The Hall–Kier alpha value is -2.95. The van der Waals surface area contributed by atoms with E-state index in [4.69, 9.17) is 0 Å². The Kier molecular flexibility index (Phi) is 4.30. The van der Waals surface area contributed by atoms with E-state index in [-0.39, 0.29) is 16.4 Å². The van der Waals surface area contributed by atoms with Gasteiger partial charge in [0.15, 0.2) is 0 Å². The van der Waals surface area contributed by atoms with Crippen molar-refractivity contribution in [3.05, 3.63) is 64.1 Å². The lowest BCUT2D eigenvalue weighted by Gasteiger charge is -2.17. The SMILES string of the molecule is Cn1ccc(C=C2Sc3nnc(C(F)F)n3N=C2c2ccc(F)cc2F)n1. The normalized spacial score (nSPS) is 15.3. The molecule has 138 valence electrons. The summed E-state index contributed by atoms with van der Waals surface area (Å²) in [5, 5.41) is 15.6. The van der Waals surface area contributed by atoms with Crippen LogP contribution in [0.1, 0.15) is 23.5 Å². The Labute approximate surface area is 154 Å². The van der Waals surface area contributed by atoms with Crippen LogP contribution in [0.15, 0.2) is 45.6 Å². The van der Waals surface area contributed by atoms with Crippen molar-refractivity contribution in [2.45, 2.75) is 11.6 Å². The van der Waals surface area contributed by atoms with Gasteiger partial charge in [-0.05, 0) is 36.0 Å². The lowest BCUT2D eigenvalue weighted by atomic mass is 10.1. The molecule has 0 fully saturated rings. The number of halogens is 4. The molecule has 0 spiro atoms. The lowest BCUT2D eigenvalue weighted by Crippen LogP contribution is -2.15. The van der Waals surface area contributed by atoms with E-state index in [1.165, 1.54) is 6.07 Å². The smallest absolute Gasteiger partial charge is 0.275 e. The first kappa shape index (κ1) is 17.5. The predicted molar refractivity (Wildman–Crippen MR) is 90.3 cm³/mol. The maximum absolute atomic E-state index is 14.3. The fourth-order valence-corrected chi connectivity index (χ4v) is 3.40. The van der Waals surface area contributed by atoms with Crippen LogP contribution in [0.3, 0.4) is 0 Å². The number of alkyl halides is 2. The highest BCUT2D eigenvalue weighted by atomic mass is 32.2. The maximum atomic E-state index is 14.3. The minimum absolute atomic E-state index is 0.0364. The topological polar surface area (TPSA) is 60.9 Å². The molecule has 1 aliphatic rings. The molecule has 1 aromatic carbocycles. The quantitative estimate of drug-likeness (QED) is 0.637. The maximum Gasteiger partial charge on any atom is 0.299 e. The number of aromatic nitrogens is 5. The largest absolute Gasteiger partial charge is 0.299 e. The summed E-state index contributed by atoms with van der Waals surface area (Å²) in [5.41, 5.74) is 0.570. The average Bonchev–Trinajstić information content (AvgIpc) is 3.20. The summed E-state index contributed by atoms with van der Waals surface area (Å²) < 4.78 is 56.4. The molecule has 0 atom stereocenters. The summed E-state index contributed by atoms with van der Waals surface area (Å²) >= 11 is 0.992. The summed E-state index contributed by atoms with van der Waals surface area (Å²) in [6.07, 6.45) is 0.426. The molecule has 0 N–H and O–H groups in total. The highest BCUT2D eigenvalue weighted by molar-refractivity contribution is 8.04. The zero-order valence-corrected chi connectivity index (χ0v) is 14.5. The van der Waals surface area contributed by atoms with E-state index in [0.29, 0.717) is 16.7 Å². The Morgan fingerprint density at radius 1 is 1.15 bits per heavy atom. The van der Waals surface area contributed by atoms with Crippen LogP contribution < -0.4 is 0 Å². The molecular weight excluding hydrogens is 384 g/mol. The van der Waals surface area contributed by atoms with Gasteiger partial charge in [-0.25, -0.2) is 17.6 Å². The van der Waals surface area contributed by atoms with Crippen molar-refractivity contribution >= 4 is 23.5 Å². The number of hydrogen-bond acceptors (Lipinski definition) is 5. The molecule has 0 saturated carbocycles. The highest BCUT2D eigenvalue weighted by Gasteiger charge is 2.29. The third kappa shape index (κ3) is 3.25. The molecule has 4 rings (SSSR count). The number of nitrogens with zero attached hydrogens (tertiary/aromatic N) is 6. The van der Waals surface area contributed by atoms with Crippen LogP contribution in [-0.2, 0) is 7.05 Å². The number of thioether (sulfide) groups is 1. The highest BCUT2D eigenvalue weighted by Crippen LogP contribution is 2.36. The van der Waals surface area contributed by atoms with Gasteiger partial charge in [-0.1, -0.05) is 0 Å². The fraction of sp³-hybridized carbons (Fsp3) is 0.125. The van der Waals surface area contributed by atoms with Gasteiger partial charge < -0.3 is 0 Å². The molecule has 11 heteroatoms. The van der Waals surface area contributed by atoms with Gasteiger partial charge in [0, 0.05) is 29.8 Å². The molecule has 0 radical (unpaired) electrons. The second-order valence-corrected chi connectivity index (χ2v) is 6.56. The third-order valence-corrected chi connectivity index (χ3v) is 4.63. The van der Waals surface area contributed by atoms with Crippen molar-refractivity contribution in [3.8, 4) is 0 Å². The number of hydrogen-bond donors (Lipinski definition) is 0. The van der Waals surface area contributed by atoms with Crippen molar-refractivity contribution in [1.29, 1.82) is 0 Å². The van der Waals surface area contributed by atoms with E-state index in [1.54, 1.807) is 30.1 Å². The fourth-order valence-electron chi connectivity index (χ4n) is 2.48. The van der Waals surface area contributed by atoms with Crippen LogP contribution in [0.5, 0.6) is 0 Å². The summed E-state index contributed by atoms with van der Waals surface area (Å²) in [6, 6.07) is 4.69. The van der Waals surface area contributed by atoms with Crippen LogP contribution in [0.2, 0.25) is 0 Å². The second-order valence-electron chi connectivity index (χ2n) is 5.55. The third-order valence-electron chi connectivity index (χ3n) is 3.67. The van der Waals surface area contributed by atoms with E-state index in [9.17, 15) is 17.6 Å². The van der Waals surface area contributed by atoms with Crippen LogP contribution in [0, 0.1) is 11.6 Å². The van der Waals surface area contributed by atoms with Gasteiger partial charge in [0.1, 0.15) is 17.3 Å². The van der Waals surface area contributed by atoms with Crippen LogP contribution in [0.4, 0.5) is 17.6 Å². The first-order valence-electron chi connectivity index (χ1n) is 7.60. The predicted octanol–water partition coefficient (Wildman–Crippen LogP) is 3.63. The minimum atomic E-state index is -2.91. The second kappa shape index (κ2) is 6.65. The first-order valence-corrected chi connectivity index (χ1v) is 8.41.